The first-order valence-corrected chi connectivity index (χ1v) is 11.4. The predicted octanol–water partition coefficient (Wildman–Crippen LogP) is 7.35. The summed E-state index contributed by atoms with van der Waals surface area (Å²) in [5.74, 6) is 0. The molecule has 0 atom stereocenters. The predicted molar refractivity (Wildman–Crippen MR) is 139 cm³/mol. The quantitative estimate of drug-likeness (QED) is 0.258. The molecule has 3 aromatic carbocycles. The second kappa shape index (κ2) is 6.91. The number of nitrogens with zero attached hydrogens (tertiary/aromatic N) is 1. The normalized spacial score (nSPS) is 18.2. The highest BCUT2D eigenvalue weighted by Gasteiger charge is 2.17. The lowest BCUT2D eigenvalue weighted by Gasteiger charge is -2.15. The number of pyridine rings is 1. The molecule has 2 aromatic heterocycles. The molecule has 5 aromatic rings. The zero-order valence-electron chi connectivity index (χ0n) is 18.1. The summed E-state index contributed by atoms with van der Waals surface area (Å²) in [6.07, 6.45) is 17.3. The Morgan fingerprint density at radius 2 is 1.48 bits per heavy atom. The zero-order chi connectivity index (χ0) is 21.9. The maximum absolute atomic E-state index is 13.6. The summed E-state index contributed by atoms with van der Waals surface area (Å²) in [6.45, 7) is 0. The molecule has 0 bridgehead atoms. The summed E-state index contributed by atoms with van der Waals surface area (Å²) >= 11 is 0. The molecule has 0 spiro atoms. The van der Waals surface area contributed by atoms with Gasteiger partial charge in [-0.2, -0.15) is 0 Å². The topological polar surface area (TPSA) is 21.5 Å². The molecule has 0 N–H and O–H groups in total. The third kappa shape index (κ3) is 2.64. The summed E-state index contributed by atoms with van der Waals surface area (Å²) in [4.78, 5) is 13.6. The summed E-state index contributed by atoms with van der Waals surface area (Å²) in [5.41, 5.74) is 7.13. The van der Waals surface area contributed by atoms with Crippen LogP contribution in [0.2, 0.25) is 0 Å². The average molecular weight is 424 g/mol. The van der Waals surface area contributed by atoms with E-state index in [4.69, 9.17) is 0 Å². The first-order chi connectivity index (χ1) is 16.3. The fourth-order valence-electron chi connectivity index (χ4n) is 5.46. The van der Waals surface area contributed by atoms with Gasteiger partial charge in [-0.1, -0.05) is 85.0 Å². The molecule has 0 amide bonds. The van der Waals surface area contributed by atoms with Crippen molar-refractivity contribution in [2.45, 2.75) is 12.8 Å². The van der Waals surface area contributed by atoms with Crippen molar-refractivity contribution >= 4 is 43.5 Å². The van der Waals surface area contributed by atoms with Crippen LogP contribution >= 0.6 is 0 Å². The molecular formula is C31H21NO. The lowest BCUT2D eigenvalue weighted by atomic mass is 9.90. The van der Waals surface area contributed by atoms with Crippen LogP contribution < -0.4 is 5.56 Å². The maximum Gasteiger partial charge on any atom is 0.263 e. The van der Waals surface area contributed by atoms with E-state index in [1.165, 1.54) is 16.7 Å². The van der Waals surface area contributed by atoms with Crippen LogP contribution in [0, 0.1) is 0 Å². The van der Waals surface area contributed by atoms with E-state index in [0.29, 0.717) is 0 Å². The largest absolute Gasteiger partial charge is 0.275 e. The summed E-state index contributed by atoms with van der Waals surface area (Å²) in [5, 5.41) is 5.17. The molecule has 2 heteroatoms. The molecule has 0 unspecified atom stereocenters. The second-order valence-electron chi connectivity index (χ2n) is 8.87. The van der Waals surface area contributed by atoms with Gasteiger partial charge in [0.25, 0.3) is 5.56 Å². The van der Waals surface area contributed by atoms with Gasteiger partial charge in [-0.05, 0) is 58.7 Å². The van der Waals surface area contributed by atoms with Crippen LogP contribution in [0.4, 0.5) is 0 Å². The van der Waals surface area contributed by atoms with Crippen molar-refractivity contribution in [2.24, 2.45) is 0 Å². The van der Waals surface area contributed by atoms with Gasteiger partial charge >= 0.3 is 0 Å². The lowest BCUT2D eigenvalue weighted by Crippen LogP contribution is -2.13. The molecule has 0 saturated heterocycles. The van der Waals surface area contributed by atoms with Gasteiger partial charge in [0, 0.05) is 21.5 Å². The number of allylic oxidation sites excluding steroid dienone is 10. The van der Waals surface area contributed by atoms with Crippen LogP contribution in [0.25, 0.3) is 43.5 Å². The van der Waals surface area contributed by atoms with E-state index in [1.807, 2.05) is 28.7 Å². The van der Waals surface area contributed by atoms with E-state index in [0.717, 1.165) is 56.4 Å². The molecule has 0 aliphatic heterocycles. The Hall–Kier alpha value is -4.17. The van der Waals surface area contributed by atoms with Gasteiger partial charge in [-0.25, -0.2) is 0 Å². The van der Waals surface area contributed by atoms with E-state index in [9.17, 15) is 4.79 Å². The third-order valence-electron chi connectivity index (χ3n) is 7.03. The minimum atomic E-state index is 0.0524. The van der Waals surface area contributed by atoms with E-state index < -0.39 is 0 Å². The highest BCUT2D eigenvalue weighted by atomic mass is 16.1. The molecule has 2 heterocycles. The van der Waals surface area contributed by atoms with E-state index in [-0.39, 0.29) is 5.56 Å². The van der Waals surface area contributed by atoms with Crippen molar-refractivity contribution < 1.29 is 0 Å². The van der Waals surface area contributed by atoms with Crippen molar-refractivity contribution in [2.75, 3.05) is 0 Å². The SMILES string of the molecule is O=c1c2ccc(C3=C/C(=C4\C=CC=CC4)CC=C3)cc2c2cccc3c4ccccc4n1c23. The number of hydrogen-bond donors (Lipinski definition) is 0. The fourth-order valence-corrected chi connectivity index (χ4v) is 5.46. The average Bonchev–Trinajstić information content (AvgIpc) is 3.23. The molecule has 156 valence electrons. The number of benzene rings is 3. The smallest absolute Gasteiger partial charge is 0.263 e. The minimum Gasteiger partial charge on any atom is -0.275 e. The minimum absolute atomic E-state index is 0.0524. The molecule has 2 aliphatic rings. The Morgan fingerprint density at radius 3 is 2.36 bits per heavy atom. The third-order valence-corrected chi connectivity index (χ3v) is 7.03. The number of rotatable bonds is 1. The monoisotopic (exact) mass is 423 g/mol. The van der Waals surface area contributed by atoms with Gasteiger partial charge in [0.2, 0.25) is 0 Å². The lowest BCUT2D eigenvalue weighted by molar-refractivity contribution is 1.15. The van der Waals surface area contributed by atoms with Gasteiger partial charge in [-0.15, -0.1) is 0 Å². The number of aromatic nitrogens is 1. The summed E-state index contributed by atoms with van der Waals surface area (Å²) in [6, 6.07) is 20.8. The van der Waals surface area contributed by atoms with Crippen LogP contribution in [0.3, 0.4) is 0 Å². The molecule has 2 nitrogen and oxygen atoms in total. The van der Waals surface area contributed by atoms with E-state index in [1.54, 1.807) is 0 Å². The van der Waals surface area contributed by atoms with Gasteiger partial charge in [0.15, 0.2) is 0 Å². The van der Waals surface area contributed by atoms with Gasteiger partial charge in [-0.3, -0.25) is 9.20 Å². The van der Waals surface area contributed by atoms with Crippen LogP contribution in [0.1, 0.15) is 18.4 Å². The van der Waals surface area contributed by atoms with Gasteiger partial charge in [0.05, 0.1) is 11.0 Å². The van der Waals surface area contributed by atoms with Crippen LogP contribution in [0.5, 0.6) is 0 Å². The van der Waals surface area contributed by atoms with Crippen molar-refractivity contribution in [1.82, 2.24) is 4.40 Å². The molecule has 7 rings (SSSR count). The van der Waals surface area contributed by atoms with Crippen molar-refractivity contribution in [3.63, 3.8) is 0 Å². The Balaban J connectivity index is 1.51. The Labute approximate surface area is 191 Å². The zero-order valence-corrected chi connectivity index (χ0v) is 18.1. The number of fused-ring (bicyclic) bond motifs is 5. The van der Waals surface area contributed by atoms with Crippen LogP contribution in [-0.4, -0.2) is 4.40 Å². The summed E-state index contributed by atoms with van der Waals surface area (Å²) < 4.78 is 1.90. The van der Waals surface area contributed by atoms with Crippen LogP contribution in [-0.2, 0) is 0 Å². The highest BCUT2D eigenvalue weighted by Crippen LogP contribution is 2.36. The Bertz CT molecular complexity index is 1820. The molecule has 0 fully saturated rings. The number of hydrogen-bond acceptors (Lipinski definition) is 1. The number of para-hydroxylation sites is 2. The molecule has 33 heavy (non-hydrogen) atoms. The van der Waals surface area contributed by atoms with E-state index in [2.05, 4.69) is 78.9 Å². The van der Waals surface area contributed by atoms with Crippen molar-refractivity contribution in [3.8, 4) is 0 Å². The molecular weight excluding hydrogens is 402 g/mol. The van der Waals surface area contributed by atoms with Crippen molar-refractivity contribution in [3.05, 3.63) is 130 Å². The maximum atomic E-state index is 13.6. The van der Waals surface area contributed by atoms with Crippen molar-refractivity contribution in [1.29, 1.82) is 0 Å². The first-order valence-electron chi connectivity index (χ1n) is 11.4. The standard InChI is InChI=1S/C31H21NO/c33-31-27-17-16-23(22-11-6-10-21(18-22)20-8-2-1-3-9-20)19-28(27)26-14-7-13-25-24-12-4-5-15-29(24)32(31)30(25)26/h1-8,11-19H,9-10H2/b21-20+. The second-order valence-corrected chi connectivity index (χ2v) is 8.87. The van der Waals surface area contributed by atoms with Crippen LogP contribution in [0.15, 0.2) is 119 Å². The molecule has 0 radical (unpaired) electrons. The fraction of sp³-hybridized carbons (Fsp3) is 0.0645. The Kier molecular flexibility index (Phi) is 3.86. The van der Waals surface area contributed by atoms with Gasteiger partial charge in [0.1, 0.15) is 0 Å². The summed E-state index contributed by atoms with van der Waals surface area (Å²) in [7, 11) is 0. The highest BCUT2D eigenvalue weighted by molar-refractivity contribution is 6.20. The van der Waals surface area contributed by atoms with Gasteiger partial charge < -0.3 is 0 Å². The Morgan fingerprint density at radius 1 is 0.667 bits per heavy atom. The first kappa shape index (κ1) is 18.4. The molecule has 2 aliphatic carbocycles. The molecule has 0 saturated carbocycles. The van der Waals surface area contributed by atoms with E-state index >= 15 is 0 Å².